The number of thiocarbonyl (C=S) groups is 1. The predicted molar refractivity (Wildman–Crippen MR) is 89.0 cm³/mol. The Morgan fingerprint density at radius 2 is 1.46 bits per heavy atom. The lowest BCUT2D eigenvalue weighted by Crippen LogP contribution is -2.54. The normalized spacial score (nSPS) is 16.5. The van der Waals surface area contributed by atoms with Gasteiger partial charge >= 0.3 is 0 Å². The summed E-state index contributed by atoms with van der Waals surface area (Å²) in [5.74, 6) is -2.17. The quantitative estimate of drug-likeness (QED) is 0.518. The van der Waals surface area contributed by atoms with Crippen molar-refractivity contribution in [1.82, 2.24) is 5.32 Å². The van der Waals surface area contributed by atoms with Gasteiger partial charge in [-0.05, 0) is 60.3 Å². The van der Waals surface area contributed by atoms with Crippen LogP contribution in [-0.2, 0) is 9.59 Å². The molecule has 4 nitrogen and oxygen atoms in total. The van der Waals surface area contributed by atoms with Gasteiger partial charge in [-0.25, -0.2) is 8.78 Å². The van der Waals surface area contributed by atoms with E-state index in [4.69, 9.17) is 12.2 Å². The first kappa shape index (κ1) is 15.9. The fourth-order valence-corrected chi connectivity index (χ4v) is 2.49. The van der Waals surface area contributed by atoms with Crippen molar-refractivity contribution in [2.45, 2.75) is 0 Å². The van der Waals surface area contributed by atoms with Gasteiger partial charge in [0.2, 0.25) is 0 Å². The van der Waals surface area contributed by atoms with Gasteiger partial charge in [-0.2, -0.15) is 0 Å². The molecule has 0 spiro atoms. The van der Waals surface area contributed by atoms with Crippen LogP contribution in [0.1, 0.15) is 5.56 Å². The first-order valence-electron chi connectivity index (χ1n) is 6.88. The molecule has 0 saturated carbocycles. The van der Waals surface area contributed by atoms with Gasteiger partial charge in [0.05, 0.1) is 5.69 Å². The van der Waals surface area contributed by atoms with E-state index >= 15 is 0 Å². The van der Waals surface area contributed by atoms with Crippen molar-refractivity contribution in [3.8, 4) is 0 Å². The van der Waals surface area contributed by atoms with E-state index in [0.29, 0.717) is 11.3 Å². The molecule has 0 radical (unpaired) electrons. The number of benzene rings is 2. The van der Waals surface area contributed by atoms with Crippen molar-refractivity contribution in [3.05, 3.63) is 71.3 Å². The van der Waals surface area contributed by atoms with Crippen molar-refractivity contribution in [1.29, 1.82) is 0 Å². The molecule has 2 aromatic rings. The molecule has 2 amide bonds. The third-order valence-corrected chi connectivity index (χ3v) is 3.65. The zero-order valence-electron chi connectivity index (χ0n) is 12.1. The molecule has 0 aromatic heterocycles. The molecule has 0 bridgehead atoms. The van der Waals surface area contributed by atoms with Gasteiger partial charge in [0.15, 0.2) is 5.11 Å². The van der Waals surface area contributed by atoms with Crippen LogP contribution < -0.4 is 10.2 Å². The summed E-state index contributed by atoms with van der Waals surface area (Å²) in [5.41, 5.74) is 0.665. The van der Waals surface area contributed by atoms with Gasteiger partial charge in [0, 0.05) is 0 Å². The van der Waals surface area contributed by atoms with E-state index in [9.17, 15) is 18.4 Å². The summed E-state index contributed by atoms with van der Waals surface area (Å²) in [6.45, 7) is 0. The highest BCUT2D eigenvalue weighted by atomic mass is 32.1. The number of amides is 2. The molecule has 7 heteroatoms. The van der Waals surface area contributed by atoms with Crippen LogP contribution in [0.25, 0.3) is 6.08 Å². The molecule has 24 heavy (non-hydrogen) atoms. The minimum Gasteiger partial charge on any atom is -0.298 e. The Morgan fingerprint density at radius 1 is 0.917 bits per heavy atom. The summed E-state index contributed by atoms with van der Waals surface area (Å²) in [5, 5.41) is 2.33. The smallest absolute Gasteiger partial charge is 0.270 e. The number of nitrogens with zero attached hydrogens (tertiary/aromatic N) is 1. The highest BCUT2D eigenvalue weighted by Gasteiger charge is 2.34. The summed E-state index contributed by atoms with van der Waals surface area (Å²) in [4.78, 5) is 25.8. The van der Waals surface area contributed by atoms with E-state index in [1.807, 2.05) is 0 Å². The Morgan fingerprint density at radius 3 is 2.04 bits per heavy atom. The predicted octanol–water partition coefficient (Wildman–Crippen LogP) is 2.80. The summed E-state index contributed by atoms with van der Waals surface area (Å²) >= 11 is 5.03. The van der Waals surface area contributed by atoms with Crippen LogP contribution in [0.4, 0.5) is 14.5 Å². The Balaban J connectivity index is 1.99. The van der Waals surface area contributed by atoms with Crippen molar-refractivity contribution < 1.29 is 18.4 Å². The van der Waals surface area contributed by atoms with E-state index in [2.05, 4.69) is 5.32 Å². The maximum atomic E-state index is 13.1. The van der Waals surface area contributed by atoms with Crippen LogP contribution in [0.15, 0.2) is 54.1 Å². The second-order valence-corrected chi connectivity index (χ2v) is 5.37. The maximum Gasteiger partial charge on any atom is 0.270 e. The maximum absolute atomic E-state index is 13.1. The van der Waals surface area contributed by atoms with Gasteiger partial charge in [-0.3, -0.25) is 19.8 Å². The number of halogens is 2. The number of carbonyl (C=O) groups excluding carboxylic acids is 2. The lowest BCUT2D eigenvalue weighted by molar-refractivity contribution is -0.122. The Bertz CT molecular complexity index is 861. The number of hydrogen-bond acceptors (Lipinski definition) is 3. The first-order valence-corrected chi connectivity index (χ1v) is 7.29. The summed E-state index contributed by atoms with van der Waals surface area (Å²) in [6, 6.07) is 10.5. The number of rotatable bonds is 2. The first-order chi connectivity index (χ1) is 11.5. The summed E-state index contributed by atoms with van der Waals surface area (Å²) in [6.07, 6.45) is 1.34. The third kappa shape index (κ3) is 3.07. The average molecular weight is 344 g/mol. The summed E-state index contributed by atoms with van der Waals surface area (Å²) < 4.78 is 26.0. The van der Waals surface area contributed by atoms with Crippen LogP contribution in [0.5, 0.6) is 0 Å². The largest absolute Gasteiger partial charge is 0.298 e. The van der Waals surface area contributed by atoms with Crippen LogP contribution >= 0.6 is 12.2 Å². The molecular formula is C17H10F2N2O2S. The molecule has 1 saturated heterocycles. The molecule has 1 aliphatic heterocycles. The number of hydrogen-bond donors (Lipinski definition) is 1. The molecule has 1 aliphatic rings. The van der Waals surface area contributed by atoms with Gasteiger partial charge in [0.25, 0.3) is 11.8 Å². The van der Waals surface area contributed by atoms with E-state index in [-0.39, 0.29) is 10.7 Å². The minimum absolute atomic E-state index is 0.0899. The van der Waals surface area contributed by atoms with Crippen LogP contribution in [0.3, 0.4) is 0 Å². The lowest BCUT2D eigenvalue weighted by atomic mass is 10.1. The number of carbonyl (C=O) groups is 2. The molecule has 0 aliphatic carbocycles. The molecule has 1 N–H and O–H groups in total. The average Bonchev–Trinajstić information content (AvgIpc) is 2.55. The fraction of sp³-hybridized carbons (Fsp3) is 0. The highest BCUT2D eigenvalue weighted by molar-refractivity contribution is 7.80. The lowest BCUT2D eigenvalue weighted by Gasteiger charge is -2.28. The van der Waals surface area contributed by atoms with Crippen molar-refractivity contribution in [2.75, 3.05) is 4.90 Å². The van der Waals surface area contributed by atoms with Gasteiger partial charge < -0.3 is 0 Å². The van der Waals surface area contributed by atoms with Crippen molar-refractivity contribution in [3.63, 3.8) is 0 Å². The molecule has 120 valence electrons. The fourth-order valence-electron chi connectivity index (χ4n) is 2.21. The third-order valence-electron chi connectivity index (χ3n) is 3.37. The second kappa shape index (κ2) is 6.29. The topological polar surface area (TPSA) is 49.4 Å². The molecule has 3 rings (SSSR count). The van der Waals surface area contributed by atoms with Crippen LogP contribution in [-0.4, -0.2) is 16.9 Å². The molecule has 1 fully saturated rings. The number of nitrogens with one attached hydrogen (secondary N) is 1. The van der Waals surface area contributed by atoms with Crippen LogP contribution in [0, 0.1) is 11.6 Å². The molecule has 0 atom stereocenters. The molecule has 1 heterocycles. The second-order valence-electron chi connectivity index (χ2n) is 4.99. The minimum atomic E-state index is -0.646. The van der Waals surface area contributed by atoms with Gasteiger partial charge in [-0.1, -0.05) is 12.1 Å². The van der Waals surface area contributed by atoms with Crippen LogP contribution in [0.2, 0.25) is 0 Å². The Labute approximate surface area is 141 Å². The monoisotopic (exact) mass is 344 g/mol. The zero-order chi connectivity index (χ0) is 17.3. The molecular weight excluding hydrogens is 334 g/mol. The van der Waals surface area contributed by atoms with E-state index in [1.165, 1.54) is 54.6 Å². The Kier molecular flexibility index (Phi) is 4.18. The van der Waals surface area contributed by atoms with Gasteiger partial charge in [0.1, 0.15) is 17.2 Å². The number of anilines is 1. The molecule has 0 unspecified atom stereocenters. The van der Waals surface area contributed by atoms with E-state index in [1.54, 1.807) is 0 Å². The highest BCUT2D eigenvalue weighted by Crippen LogP contribution is 2.22. The standard InChI is InChI=1S/C17H10F2N2O2S/c18-11-3-1-10(2-4-11)9-14-15(22)20-17(24)21(16(14)23)13-7-5-12(19)6-8-13/h1-9H,(H,20,22,24)/b14-9-. The molecule has 2 aromatic carbocycles. The summed E-state index contributed by atoms with van der Waals surface area (Å²) in [7, 11) is 0. The Hall–Kier alpha value is -2.93. The SMILES string of the molecule is O=C1NC(=S)N(c2ccc(F)cc2)C(=O)/C1=C\c1ccc(F)cc1. The van der Waals surface area contributed by atoms with Crippen molar-refractivity contribution >= 4 is 40.9 Å². The zero-order valence-corrected chi connectivity index (χ0v) is 12.9. The van der Waals surface area contributed by atoms with E-state index < -0.39 is 23.4 Å². The van der Waals surface area contributed by atoms with Crippen molar-refractivity contribution in [2.24, 2.45) is 0 Å². The van der Waals surface area contributed by atoms with Gasteiger partial charge in [-0.15, -0.1) is 0 Å². The van der Waals surface area contributed by atoms with E-state index in [0.717, 1.165) is 4.90 Å².